The fraction of sp³-hybridized carbons (Fsp3) is 0.370. The number of aromatic nitrogens is 2. The van der Waals surface area contributed by atoms with E-state index in [1.54, 1.807) is 18.2 Å². The van der Waals surface area contributed by atoms with Gasteiger partial charge in [0.1, 0.15) is 0 Å². The Kier molecular flexibility index (Phi) is 6.21. The number of ether oxygens (including phenoxy) is 1. The molecule has 0 spiro atoms. The van der Waals surface area contributed by atoms with Gasteiger partial charge in [0, 0.05) is 31.0 Å². The first kappa shape index (κ1) is 22.1. The lowest BCUT2D eigenvalue weighted by atomic mass is 9.83. The third-order valence-corrected chi connectivity index (χ3v) is 9.14. The van der Waals surface area contributed by atoms with Crippen molar-refractivity contribution < 1.29 is 13.2 Å². The first-order valence-corrected chi connectivity index (χ1v) is 13.3. The fourth-order valence-corrected chi connectivity index (χ4v) is 6.33. The van der Waals surface area contributed by atoms with Crippen LogP contribution in [0.5, 0.6) is 0 Å². The number of nitrogens with one attached hydrogen (secondary N) is 1. The van der Waals surface area contributed by atoms with Gasteiger partial charge in [-0.1, -0.05) is 30.9 Å². The molecule has 1 unspecified atom stereocenters. The number of rotatable bonds is 8. The number of pyridine rings is 1. The number of benzene rings is 1. The van der Waals surface area contributed by atoms with Gasteiger partial charge in [-0.2, -0.15) is 0 Å². The second kappa shape index (κ2) is 9.27. The monoisotopic (exact) mass is 462 g/mol. The first-order valence-electron chi connectivity index (χ1n) is 11.7. The molecule has 2 fully saturated rings. The molecule has 2 aromatic heterocycles. The van der Waals surface area contributed by atoms with Crippen LogP contribution >= 0.6 is 0 Å². The third kappa shape index (κ3) is 4.82. The smallest absolute Gasteiger partial charge is 0.181 e. The lowest BCUT2D eigenvalue weighted by Gasteiger charge is -2.27. The van der Waals surface area contributed by atoms with Crippen LogP contribution in [0.25, 0.3) is 17.5 Å². The summed E-state index contributed by atoms with van der Waals surface area (Å²) in [6.07, 6.45) is 8.29. The standard InChI is InChI=1S/C27H30N2O3S/c1-2-19-3-10-26(28-18-19)27-12-11-25(29-27)24(17-20-13-15-32-16-14-20)21-4-6-22(7-5-21)33(30,31)23-8-9-23/h2-7,10-12,18,20,23-24,29H,1,8-9,13-17H2. The van der Waals surface area contributed by atoms with Crippen molar-refractivity contribution in [1.82, 2.24) is 9.97 Å². The van der Waals surface area contributed by atoms with Crippen LogP contribution in [0.1, 0.15) is 54.8 Å². The van der Waals surface area contributed by atoms with Crippen LogP contribution in [0.4, 0.5) is 0 Å². The number of sulfone groups is 1. The Morgan fingerprint density at radius 3 is 2.42 bits per heavy atom. The van der Waals surface area contributed by atoms with Gasteiger partial charge in [0.25, 0.3) is 0 Å². The van der Waals surface area contributed by atoms with Gasteiger partial charge in [-0.3, -0.25) is 4.98 Å². The number of aromatic amines is 1. The Balaban J connectivity index is 1.44. The molecule has 1 aliphatic carbocycles. The van der Waals surface area contributed by atoms with Gasteiger partial charge in [-0.25, -0.2) is 8.42 Å². The highest BCUT2D eigenvalue weighted by atomic mass is 32.2. The van der Waals surface area contributed by atoms with Crippen LogP contribution in [-0.2, 0) is 14.6 Å². The van der Waals surface area contributed by atoms with Gasteiger partial charge in [0.2, 0.25) is 0 Å². The summed E-state index contributed by atoms with van der Waals surface area (Å²) < 4.78 is 30.8. The molecule has 1 saturated heterocycles. The normalized spacial score (nSPS) is 18.2. The SMILES string of the molecule is C=Cc1ccc(-c2ccc(C(CC3CCOCC3)c3ccc(S(=O)(=O)C4CC4)cc3)[nH]2)nc1. The molecule has 2 aliphatic rings. The molecule has 5 rings (SSSR count). The van der Waals surface area contributed by atoms with Crippen LogP contribution in [0.15, 0.2) is 66.2 Å². The van der Waals surface area contributed by atoms with E-state index < -0.39 is 9.84 Å². The van der Waals surface area contributed by atoms with E-state index in [0.717, 1.165) is 73.5 Å². The molecule has 6 heteroatoms. The summed E-state index contributed by atoms with van der Waals surface area (Å²) in [5.74, 6) is 0.738. The van der Waals surface area contributed by atoms with Crippen molar-refractivity contribution in [3.8, 4) is 11.4 Å². The molecule has 33 heavy (non-hydrogen) atoms. The summed E-state index contributed by atoms with van der Waals surface area (Å²) in [5.41, 5.74) is 5.13. The van der Waals surface area contributed by atoms with Crippen molar-refractivity contribution in [2.45, 2.75) is 48.2 Å². The number of nitrogens with zero attached hydrogens (tertiary/aromatic N) is 1. The average Bonchev–Trinajstić information content (AvgIpc) is 3.62. The molecule has 0 bridgehead atoms. The first-order chi connectivity index (χ1) is 16.0. The Hall–Kier alpha value is -2.70. The van der Waals surface area contributed by atoms with Crippen molar-refractivity contribution in [3.63, 3.8) is 0 Å². The van der Waals surface area contributed by atoms with Crippen LogP contribution in [-0.4, -0.2) is 36.8 Å². The van der Waals surface area contributed by atoms with Gasteiger partial charge in [-0.15, -0.1) is 0 Å². The maximum absolute atomic E-state index is 12.6. The molecule has 1 atom stereocenters. The average molecular weight is 463 g/mol. The maximum atomic E-state index is 12.6. The highest BCUT2D eigenvalue weighted by molar-refractivity contribution is 7.92. The van der Waals surface area contributed by atoms with Crippen LogP contribution < -0.4 is 0 Å². The Bertz CT molecular complexity index is 1200. The minimum atomic E-state index is -3.18. The Morgan fingerprint density at radius 1 is 1.03 bits per heavy atom. The van der Waals surface area contributed by atoms with E-state index in [-0.39, 0.29) is 11.2 Å². The highest BCUT2D eigenvalue weighted by Crippen LogP contribution is 2.37. The number of hydrogen-bond donors (Lipinski definition) is 1. The fourth-order valence-electron chi connectivity index (χ4n) is 4.67. The minimum absolute atomic E-state index is 0.159. The lowest BCUT2D eigenvalue weighted by molar-refractivity contribution is 0.0626. The van der Waals surface area contributed by atoms with E-state index in [1.165, 1.54) is 0 Å². The van der Waals surface area contributed by atoms with Gasteiger partial charge in [0.15, 0.2) is 9.84 Å². The predicted octanol–water partition coefficient (Wildman–Crippen LogP) is 5.60. The van der Waals surface area contributed by atoms with E-state index in [2.05, 4.69) is 28.7 Å². The third-order valence-electron chi connectivity index (χ3n) is 6.87. The Morgan fingerprint density at radius 2 is 1.79 bits per heavy atom. The number of hydrogen-bond acceptors (Lipinski definition) is 4. The van der Waals surface area contributed by atoms with Crippen LogP contribution in [0.3, 0.4) is 0 Å². The molecule has 1 saturated carbocycles. The summed E-state index contributed by atoms with van der Waals surface area (Å²) in [7, 11) is -3.18. The van der Waals surface area contributed by atoms with Gasteiger partial charge in [-0.05, 0) is 79.5 Å². The highest BCUT2D eigenvalue weighted by Gasteiger charge is 2.37. The zero-order valence-electron chi connectivity index (χ0n) is 18.7. The molecule has 1 N–H and O–H groups in total. The number of H-pyrrole nitrogens is 1. The molecule has 3 aromatic rings. The van der Waals surface area contributed by atoms with Crippen molar-refractivity contribution in [2.75, 3.05) is 13.2 Å². The maximum Gasteiger partial charge on any atom is 0.181 e. The van der Waals surface area contributed by atoms with E-state index in [4.69, 9.17) is 4.74 Å². The van der Waals surface area contributed by atoms with Crippen molar-refractivity contribution in [3.05, 3.63) is 78.1 Å². The topological polar surface area (TPSA) is 72.1 Å². The zero-order valence-corrected chi connectivity index (χ0v) is 19.6. The molecule has 0 radical (unpaired) electrons. The quantitative estimate of drug-likeness (QED) is 0.473. The van der Waals surface area contributed by atoms with Crippen molar-refractivity contribution >= 4 is 15.9 Å². The van der Waals surface area contributed by atoms with Crippen molar-refractivity contribution in [2.24, 2.45) is 5.92 Å². The molecule has 1 aromatic carbocycles. The molecule has 1 aliphatic heterocycles. The van der Waals surface area contributed by atoms with Gasteiger partial charge >= 0.3 is 0 Å². The predicted molar refractivity (Wildman–Crippen MR) is 131 cm³/mol. The second-order valence-electron chi connectivity index (χ2n) is 9.17. The molecular formula is C27H30N2O3S. The Labute approximate surface area is 195 Å². The van der Waals surface area contributed by atoms with E-state index in [0.29, 0.717) is 10.8 Å². The van der Waals surface area contributed by atoms with Crippen LogP contribution in [0.2, 0.25) is 0 Å². The van der Waals surface area contributed by atoms with Gasteiger partial charge < -0.3 is 9.72 Å². The van der Waals surface area contributed by atoms with Crippen molar-refractivity contribution in [1.29, 1.82) is 0 Å². The van der Waals surface area contributed by atoms with Crippen LogP contribution in [0, 0.1) is 5.92 Å². The largest absolute Gasteiger partial charge is 0.381 e. The summed E-state index contributed by atoms with van der Waals surface area (Å²) >= 11 is 0. The summed E-state index contributed by atoms with van der Waals surface area (Å²) in [4.78, 5) is 8.59. The van der Waals surface area contributed by atoms with Gasteiger partial charge in [0.05, 0.1) is 21.5 Å². The molecule has 3 heterocycles. The molecule has 5 nitrogen and oxygen atoms in total. The van der Waals surface area contributed by atoms with E-state index in [9.17, 15) is 8.42 Å². The summed E-state index contributed by atoms with van der Waals surface area (Å²) in [6, 6.07) is 15.8. The minimum Gasteiger partial charge on any atom is -0.381 e. The molecular weight excluding hydrogens is 432 g/mol. The zero-order chi connectivity index (χ0) is 22.8. The second-order valence-corrected chi connectivity index (χ2v) is 11.4. The lowest BCUT2D eigenvalue weighted by Crippen LogP contribution is -2.19. The summed E-state index contributed by atoms with van der Waals surface area (Å²) in [6.45, 7) is 5.41. The van der Waals surface area contributed by atoms with E-state index in [1.807, 2.05) is 30.5 Å². The van der Waals surface area contributed by atoms with E-state index >= 15 is 0 Å². The molecule has 0 amide bonds. The summed E-state index contributed by atoms with van der Waals surface area (Å²) in [5, 5.41) is -0.188. The molecule has 172 valence electrons.